The van der Waals surface area contributed by atoms with Crippen molar-refractivity contribution in [2.75, 3.05) is 79.3 Å². The molecule has 0 aromatic heterocycles. The third-order valence-corrected chi connectivity index (χ3v) is 11.9. The van der Waals surface area contributed by atoms with E-state index in [0.717, 1.165) is 38.5 Å². The molecule has 0 aromatic carbocycles. The Labute approximate surface area is 419 Å². The van der Waals surface area contributed by atoms with Crippen molar-refractivity contribution in [3.05, 3.63) is 0 Å². The summed E-state index contributed by atoms with van der Waals surface area (Å²) in [6, 6.07) is 0. The topological polar surface area (TPSA) is 220 Å². The van der Waals surface area contributed by atoms with Crippen molar-refractivity contribution in [2.24, 2.45) is 0 Å². The Bertz CT molecular complexity index is 991. The first-order valence-electron chi connectivity index (χ1n) is 27.9. The van der Waals surface area contributed by atoms with Crippen molar-refractivity contribution in [3.8, 4) is 0 Å². The molecule has 6 unspecified atom stereocenters. The van der Waals surface area contributed by atoms with E-state index in [2.05, 4.69) is 13.8 Å². The van der Waals surface area contributed by atoms with Crippen LogP contribution in [0.2, 0.25) is 0 Å². The number of carbonyl (C=O) groups is 2. The maximum atomic E-state index is 12.0. The van der Waals surface area contributed by atoms with Gasteiger partial charge < -0.3 is 63.8 Å². The van der Waals surface area contributed by atoms with Gasteiger partial charge in [-0.3, -0.25) is 9.59 Å². The number of hydrogen-bond donors (Lipinski definition) is 6. The number of rotatable bonds is 56. The highest BCUT2D eigenvalue weighted by molar-refractivity contribution is 5.69. The molecule has 0 fully saturated rings. The summed E-state index contributed by atoms with van der Waals surface area (Å²) >= 11 is 0. The van der Waals surface area contributed by atoms with E-state index < -0.39 is 36.6 Å². The van der Waals surface area contributed by atoms with Crippen LogP contribution in [0.4, 0.5) is 0 Å². The van der Waals surface area contributed by atoms with Crippen LogP contribution in [0.5, 0.6) is 0 Å². The Morgan fingerprint density at radius 2 is 0.420 bits per heavy atom. The van der Waals surface area contributed by atoms with Gasteiger partial charge in [0, 0.05) is 12.8 Å². The summed E-state index contributed by atoms with van der Waals surface area (Å²) in [5, 5.41) is 60.5. The Kier molecular flexibility index (Phi) is 51.7. The van der Waals surface area contributed by atoms with Crippen LogP contribution >= 0.6 is 0 Å². The van der Waals surface area contributed by atoms with E-state index in [1.165, 1.54) is 154 Å². The molecule has 15 nitrogen and oxygen atoms in total. The van der Waals surface area contributed by atoms with E-state index in [9.17, 15) is 40.2 Å². The maximum absolute atomic E-state index is 12.0. The minimum absolute atomic E-state index is 0.123. The molecule has 0 radical (unpaired) electrons. The molecule has 6 atom stereocenters. The lowest BCUT2D eigenvalue weighted by Gasteiger charge is -2.18. The van der Waals surface area contributed by atoms with Crippen LogP contribution < -0.4 is 0 Å². The highest BCUT2D eigenvalue weighted by atomic mass is 16.6. The van der Waals surface area contributed by atoms with Gasteiger partial charge in [-0.25, -0.2) is 0 Å². The first-order chi connectivity index (χ1) is 33.6. The van der Waals surface area contributed by atoms with E-state index in [1.54, 1.807) is 0 Å². The summed E-state index contributed by atoms with van der Waals surface area (Å²) in [6.45, 7) is 2.86. The minimum Gasteiger partial charge on any atom is -0.463 e. The Morgan fingerprint density at radius 1 is 0.261 bits per heavy atom. The zero-order valence-corrected chi connectivity index (χ0v) is 43.9. The van der Waals surface area contributed by atoms with Gasteiger partial charge in [0.05, 0.1) is 66.1 Å². The van der Waals surface area contributed by atoms with Crippen LogP contribution in [-0.4, -0.2) is 158 Å². The first-order valence-corrected chi connectivity index (χ1v) is 27.9. The lowest BCUT2D eigenvalue weighted by molar-refractivity contribution is -0.149. The number of aliphatic hydroxyl groups excluding tert-OH is 6. The summed E-state index contributed by atoms with van der Waals surface area (Å²) in [7, 11) is 0. The largest absolute Gasteiger partial charge is 0.463 e. The van der Waals surface area contributed by atoms with Crippen LogP contribution in [0.15, 0.2) is 0 Å². The normalized spacial score (nSPS) is 14.4. The fourth-order valence-electron chi connectivity index (χ4n) is 7.79. The fraction of sp³-hybridized carbons (Fsp3) is 0.963. The average Bonchev–Trinajstić information content (AvgIpc) is 3.32. The second-order valence-electron chi connectivity index (χ2n) is 19.4. The molecule has 0 spiro atoms. The van der Waals surface area contributed by atoms with E-state index in [0.29, 0.717) is 12.8 Å². The molecule has 0 saturated heterocycles. The van der Waals surface area contributed by atoms with E-state index in [-0.39, 0.29) is 91.2 Å². The summed E-state index contributed by atoms with van der Waals surface area (Å²) in [5.74, 6) is -0.682. The monoisotopic (exact) mass is 995 g/mol. The number of unbranched alkanes of at least 4 members (excludes halogenated alkanes) is 28. The second-order valence-corrected chi connectivity index (χ2v) is 19.4. The van der Waals surface area contributed by atoms with Gasteiger partial charge >= 0.3 is 11.9 Å². The van der Waals surface area contributed by atoms with Crippen molar-refractivity contribution in [1.29, 1.82) is 0 Å². The summed E-state index contributed by atoms with van der Waals surface area (Å²) in [6.07, 6.45) is 32.2. The fourth-order valence-corrected chi connectivity index (χ4v) is 7.79. The predicted octanol–water partition coefficient (Wildman–Crippen LogP) is 8.84. The lowest BCUT2D eigenvalue weighted by atomic mass is 10.0. The predicted molar refractivity (Wildman–Crippen MR) is 271 cm³/mol. The summed E-state index contributed by atoms with van der Waals surface area (Å²) in [4.78, 5) is 24.1. The lowest BCUT2D eigenvalue weighted by Crippen LogP contribution is -2.31. The standard InChI is InChI=1S/C54H106O15/c1-3-5-7-9-11-13-15-17-19-21-23-25-27-29-31-33-53(61)68-45-51(59)43-66-41-49(57)39-64-37-47(55)35-63-36-48(56)38-65-40-50(58)42-67-44-52(60)46-69-54(62)34-32-30-28-26-24-22-20-18-16-14-12-10-8-6-4-2/h47-52,55-60H,3-46H2,1-2H3. The van der Waals surface area contributed by atoms with Gasteiger partial charge in [-0.2, -0.15) is 0 Å². The number of carbonyl (C=O) groups excluding carboxylic acids is 2. The third kappa shape index (κ3) is 52.6. The van der Waals surface area contributed by atoms with Crippen LogP contribution in [0, 0.1) is 0 Å². The van der Waals surface area contributed by atoms with Gasteiger partial charge in [-0.05, 0) is 12.8 Å². The Morgan fingerprint density at radius 3 is 0.609 bits per heavy atom. The first kappa shape index (κ1) is 67.5. The van der Waals surface area contributed by atoms with Crippen molar-refractivity contribution in [3.63, 3.8) is 0 Å². The molecule has 0 heterocycles. The molecule has 0 aliphatic rings. The zero-order chi connectivity index (χ0) is 50.7. The van der Waals surface area contributed by atoms with Crippen LogP contribution in [-0.2, 0) is 42.7 Å². The number of ether oxygens (including phenoxy) is 7. The zero-order valence-electron chi connectivity index (χ0n) is 43.9. The number of hydrogen-bond acceptors (Lipinski definition) is 15. The van der Waals surface area contributed by atoms with Crippen molar-refractivity contribution in [2.45, 2.75) is 256 Å². The average molecular weight is 995 g/mol. The molecule has 0 aromatic rings. The quantitative estimate of drug-likeness (QED) is 0.0248. The van der Waals surface area contributed by atoms with Gasteiger partial charge in [0.1, 0.15) is 49.8 Å². The molecule has 69 heavy (non-hydrogen) atoms. The van der Waals surface area contributed by atoms with Gasteiger partial charge in [0.25, 0.3) is 0 Å². The van der Waals surface area contributed by atoms with Crippen molar-refractivity contribution < 1.29 is 73.4 Å². The Balaban J connectivity index is 3.63. The molecule has 412 valence electrons. The van der Waals surface area contributed by atoms with Gasteiger partial charge in [-0.15, -0.1) is 0 Å². The molecule has 0 bridgehead atoms. The Hall–Kier alpha value is -1.50. The smallest absolute Gasteiger partial charge is 0.305 e. The SMILES string of the molecule is CCCCCCCCCCCCCCCCCC(=O)OCC(O)COCC(O)COCC(O)COCC(O)COCC(O)COCC(O)COC(=O)CCCCCCCCCCCCCCCCC. The molecular weight excluding hydrogens is 889 g/mol. The molecule has 0 amide bonds. The summed E-state index contributed by atoms with van der Waals surface area (Å²) in [5.41, 5.74) is 0. The van der Waals surface area contributed by atoms with Crippen LogP contribution in [0.3, 0.4) is 0 Å². The number of aliphatic hydroxyl groups is 6. The van der Waals surface area contributed by atoms with E-state index >= 15 is 0 Å². The molecule has 0 saturated carbocycles. The van der Waals surface area contributed by atoms with E-state index in [4.69, 9.17) is 33.2 Å². The molecule has 0 rings (SSSR count). The van der Waals surface area contributed by atoms with Gasteiger partial charge in [0.2, 0.25) is 0 Å². The van der Waals surface area contributed by atoms with Gasteiger partial charge in [0.15, 0.2) is 0 Å². The summed E-state index contributed by atoms with van der Waals surface area (Å²) < 4.78 is 36.9. The van der Waals surface area contributed by atoms with Crippen LogP contribution in [0.25, 0.3) is 0 Å². The van der Waals surface area contributed by atoms with Gasteiger partial charge in [-0.1, -0.05) is 194 Å². The number of esters is 2. The maximum Gasteiger partial charge on any atom is 0.305 e. The van der Waals surface area contributed by atoms with Crippen molar-refractivity contribution >= 4 is 11.9 Å². The highest BCUT2D eigenvalue weighted by Crippen LogP contribution is 2.16. The molecule has 6 N–H and O–H groups in total. The third-order valence-electron chi connectivity index (χ3n) is 11.9. The minimum atomic E-state index is -1.02. The van der Waals surface area contributed by atoms with Crippen molar-refractivity contribution in [1.82, 2.24) is 0 Å². The molecule has 0 aliphatic heterocycles. The second kappa shape index (κ2) is 52.8. The molecular formula is C54H106O15. The van der Waals surface area contributed by atoms with Crippen LogP contribution in [0.1, 0.15) is 219 Å². The molecule has 0 aliphatic carbocycles. The van der Waals surface area contributed by atoms with E-state index in [1.807, 2.05) is 0 Å². The highest BCUT2D eigenvalue weighted by Gasteiger charge is 2.15. The molecule has 15 heteroatoms.